The van der Waals surface area contributed by atoms with Crippen molar-refractivity contribution in [2.45, 2.75) is 70.3 Å². The standard InChI is InChI=1S/C14H28N2OS/c1-6-9-12-15-11(4)13(17)16(12)10-14(7-2,8-3)18-5/h11-12,15H,6-10H2,1-5H3. The van der Waals surface area contributed by atoms with E-state index in [0.29, 0.717) is 0 Å². The lowest BCUT2D eigenvalue weighted by Gasteiger charge is -2.36. The first-order chi connectivity index (χ1) is 8.53. The van der Waals surface area contributed by atoms with Gasteiger partial charge in [-0.05, 0) is 32.4 Å². The van der Waals surface area contributed by atoms with E-state index in [9.17, 15) is 4.79 Å². The molecule has 0 spiro atoms. The average Bonchev–Trinajstić information content (AvgIpc) is 2.64. The van der Waals surface area contributed by atoms with Crippen molar-refractivity contribution in [3.63, 3.8) is 0 Å². The van der Waals surface area contributed by atoms with Gasteiger partial charge in [-0.1, -0.05) is 27.2 Å². The summed E-state index contributed by atoms with van der Waals surface area (Å²) < 4.78 is 0.216. The molecule has 0 aromatic carbocycles. The average molecular weight is 272 g/mol. The summed E-state index contributed by atoms with van der Waals surface area (Å²) >= 11 is 1.91. The SMILES string of the molecule is CCCC1NC(C)C(=O)N1CC(CC)(CC)SC. The zero-order valence-electron chi connectivity index (χ0n) is 12.5. The Hall–Kier alpha value is -0.220. The summed E-state index contributed by atoms with van der Waals surface area (Å²) in [4.78, 5) is 14.4. The molecule has 18 heavy (non-hydrogen) atoms. The number of amides is 1. The molecule has 1 aliphatic heterocycles. The van der Waals surface area contributed by atoms with E-state index < -0.39 is 0 Å². The summed E-state index contributed by atoms with van der Waals surface area (Å²) in [6, 6.07) is -0.0187. The minimum atomic E-state index is -0.0187. The van der Waals surface area contributed by atoms with Gasteiger partial charge in [0.25, 0.3) is 0 Å². The zero-order chi connectivity index (χ0) is 13.8. The second-order valence-electron chi connectivity index (χ2n) is 5.25. The second kappa shape index (κ2) is 6.80. The van der Waals surface area contributed by atoms with E-state index in [1.54, 1.807) is 0 Å². The first-order valence-electron chi connectivity index (χ1n) is 7.15. The van der Waals surface area contributed by atoms with Gasteiger partial charge in [0.2, 0.25) is 5.91 Å². The maximum absolute atomic E-state index is 12.3. The summed E-state index contributed by atoms with van der Waals surface area (Å²) in [6.45, 7) is 9.49. The monoisotopic (exact) mass is 272 g/mol. The first kappa shape index (κ1) is 15.8. The molecule has 4 heteroatoms. The number of hydrogen-bond acceptors (Lipinski definition) is 3. The van der Waals surface area contributed by atoms with Gasteiger partial charge in [-0.3, -0.25) is 10.1 Å². The number of nitrogens with zero attached hydrogens (tertiary/aromatic N) is 1. The van der Waals surface area contributed by atoms with Crippen molar-refractivity contribution in [1.82, 2.24) is 10.2 Å². The van der Waals surface area contributed by atoms with E-state index in [4.69, 9.17) is 0 Å². The van der Waals surface area contributed by atoms with Crippen molar-refractivity contribution in [3.8, 4) is 0 Å². The molecule has 2 unspecified atom stereocenters. The molecule has 0 aromatic rings. The van der Waals surface area contributed by atoms with Crippen LogP contribution in [0.1, 0.15) is 53.4 Å². The van der Waals surface area contributed by atoms with Gasteiger partial charge < -0.3 is 4.90 Å². The van der Waals surface area contributed by atoms with Gasteiger partial charge in [-0.15, -0.1) is 0 Å². The Morgan fingerprint density at radius 2 is 1.94 bits per heavy atom. The molecule has 0 saturated carbocycles. The predicted octanol–water partition coefficient (Wildman–Crippen LogP) is 2.85. The summed E-state index contributed by atoms with van der Waals surface area (Å²) in [6.07, 6.45) is 6.79. The van der Waals surface area contributed by atoms with Crippen LogP contribution in [0.4, 0.5) is 0 Å². The molecular formula is C14H28N2OS. The molecule has 1 amide bonds. The van der Waals surface area contributed by atoms with E-state index in [0.717, 1.165) is 32.2 Å². The third-order valence-electron chi connectivity index (χ3n) is 4.21. The summed E-state index contributed by atoms with van der Waals surface area (Å²) in [7, 11) is 0. The molecule has 1 saturated heterocycles. The van der Waals surface area contributed by atoms with Crippen LogP contribution in [0.2, 0.25) is 0 Å². The van der Waals surface area contributed by atoms with Gasteiger partial charge in [0.1, 0.15) is 0 Å². The largest absolute Gasteiger partial charge is 0.324 e. The Balaban J connectivity index is 2.81. The van der Waals surface area contributed by atoms with Crippen LogP contribution in [0.3, 0.4) is 0 Å². The summed E-state index contributed by atoms with van der Waals surface area (Å²) in [5.41, 5.74) is 0. The van der Waals surface area contributed by atoms with Crippen LogP contribution in [0, 0.1) is 0 Å². The Kier molecular flexibility index (Phi) is 5.99. The molecule has 1 rings (SSSR count). The van der Waals surface area contributed by atoms with Crippen LogP contribution in [-0.4, -0.2) is 40.6 Å². The van der Waals surface area contributed by atoms with Gasteiger partial charge >= 0.3 is 0 Å². The molecule has 1 N–H and O–H groups in total. The van der Waals surface area contributed by atoms with Crippen molar-refractivity contribution in [1.29, 1.82) is 0 Å². The van der Waals surface area contributed by atoms with E-state index in [1.165, 1.54) is 0 Å². The number of carbonyl (C=O) groups excluding carboxylic acids is 1. The molecule has 1 aliphatic rings. The highest BCUT2D eigenvalue weighted by molar-refractivity contribution is 8.00. The molecule has 0 aromatic heterocycles. The highest BCUT2D eigenvalue weighted by Crippen LogP contribution is 2.33. The molecule has 0 bridgehead atoms. The van der Waals surface area contributed by atoms with Crippen molar-refractivity contribution in [3.05, 3.63) is 0 Å². The van der Waals surface area contributed by atoms with Gasteiger partial charge in [0, 0.05) is 11.3 Å². The molecule has 2 atom stereocenters. The minimum absolute atomic E-state index is 0.0187. The van der Waals surface area contributed by atoms with Crippen LogP contribution in [0.25, 0.3) is 0 Å². The van der Waals surface area contributed by atoms with Crippen molar-refractivity contribution in [2.24, 2.45) is 0 Å². The smallest absolute Gasteiger partial charge is 0.240 e. The molecule has 0 aliphatic carbocycles. The zero-order valence-corrected chi connectivity index (χ0v) is 13.3. The van der Waals surface area contributed by atoms with Crippen molar-refractivity contribution < 1.29 is 4.79 Å². The van der Waals surface area contributed by atoms with Crippen LogP contribution in [-0.2, 0) is 4.79 Å². The maximum Gasteiger partial charge on any atom is 0.240 e. The van der Waals surface area contributed by atoms with Gasteiger partial charge in [-0.2, -0.15) is 11.8 Å². The fraction of sp³-hybridized carbons (Fsp3) is 0.929. The Morgan fingerprint density at radius 3 is 2.39 bits per heavy atom. The van der Waals surface area contributed by atoms with Gasteiger partial charge in [-0.25, -0.2) is 0 Å². The highest BCUT2D eigenvalue weighted by Gasteiger charge is 2.40. The highest BCUT2D eigenvalue weighted by atomic mass is 32.2. The van der Waals surface area contributed by atoms with Crippen molar-refractivity contribution in [2.75, 3.05) is 12.8 Å². The summed E-state index contributed by atoms with van der Waals surface area (Å²) in [5.74, 6) is 0.272. The molecular weight excluding hydrogens is 244 g/mol. The number of nitrogens with one attached hydrogen (secondary N) is 1. The Bertz CT molecular complexity index is 271. The van der Waals surface area contributed by atoms with Gasteiger partial charge in [0.05, 0.1) is 12.2 Å². The molecule has 1 heterocycles. The fourth-order valence-electron chi connectivity index (χ4n) is 2.69. The lowest BCUT2D eigenvalue weighted by atomic mass is 10.0. The maximum atomic E-state index is 12.3. The third kappa shape index (κ3) is 3.21. The summed E-state index contributed by atoms with van der Waals surface area (Å²) in [5, 5.41) is 3.42. The lowest BCUT2D eigenvalue weighted by molar-refractivity contribution is -0.130. The first-order valence-corrected chi connectivity index (χ1v) is 8.37. The number of carbonyl (C=O) groups is 1. The molecule has 106 valence electrons. The van der Waals surface area contributed by atoms with E-state index >= 15 is 0 Å². The topological polar surface area (TPSA) is 32.3 Å². The fourth-order valence-corrected chi connectivity index (χ4v) is 3.54. The molecule has 0 radical (unpaired) electrons. The minimum Gasteiger partial charge on any atom is -0.324 e. The van der Waals surface area contributed by atoms with Crippen LogP contribution in [0.5, 0.6) is 0 Å². The number of rotatable bonds is 7. The molecule has 1 fully saturated rings. The number of hydrogen-bond donors (Lipinski definition) is 1. The van der Waals surface area contributed by atoms with Crippen LogP contribution >= 0.6 is 11.8 Å². The van der Waals surface area contributed by atoms with E-state index in [-0.39, 0.29) is 22.9 Å². The van der Waals surface area contributed by atoms with Crippen molar-refractivity contribution >= 4 is 17.7 Å². The lowest BCUT2D eigenvalue weighted by Crippen LogP contribution is -2.46. The molecule has 3 nitrogen and oxygen atoms in total. The van der Waals surface area contributed by atoms with E-state index in [1.807, 2.05) is 18.7 Å². The van der Waals surface area contributed by atoms with Crippen LogP contribution in [0.15, 0.2) is 0 Å². The third-order valence-corrected chi connectivity index (χ3v) is 5.79. The second-order valence-corrected chi connectivity index (χ2v) is 6.53. The van der Waals surface area contributed by atoms with E-state index in [2.05, 4.69) is 37.2 Å². The predicted molar refractivity (Wildman–Crippen MR) is 79.8 cm³/mol. The normalized spacial score (nSPS) is 24.9. The Morgan fingerprint density at radius 1 is 1.33 bits per heavy atom. The van der Waals surface area contributed by atoms with Gasteiger partial charge in [0.15, 0.2) is 0 Å². The quantitative estimate of drug-likeness (QED) is 0.773. The van der Waals surface area contributed by atoms with Crippen LogP contribution < -0.4 is 5.32 Å². The number of thioether (sulfide) groups is 1. The Labute approximate surface area is 116 Å².